The summed E-state index contributed by atoms with van der Waals surface area (Å²) in [5.74, 6) is -2.45. The molecule has 0 saturated heterocycles. The molecule has 52 valence electrons. The van der Waals surface area contributed by atoms with Crippen LogP contribution in [0.2, 0.25) is 0 Å². The standard InChI is InChI=1S/C9H11N/c10-9-3-1-2-8(6-9)7-4-5-7/h1-3,6-7H,4-5,10H2/i1D,2D,3D,4D2,5D2,6D,7D. The Bertz CT molecular complexity index is 537. The molecule has 10 heavy (non-hydrogen) atoms. The molecule has 1 saturated carbocycles. The molecule has 2 N–H and O–H groups in total. The van der Waals surface area contributed by atoms with Crippen LogP contribution in [0.5, 0.6) is 0 Å². The zero-order valence-electron chi connectivity index (χ0n) is 14.1. The summed E-state index contributed by atoms with van der Waals surface area (Å²) < 4.78 is 68.4. The Labute approximate surface area is 73.5 Å². The van der Waals surface area contributed by atoms with Gasteiger partial charge in [-0.25, -0.2) is 0 Å². The van der Waals surface area contributed by atoms with Gasteiger partial charge < -0.3 is 5.73 Å². The van der Waals surface area contributed by atoms with E-state index in [-0.39, 0.29) is 0 Å². The molecule has 1 aromatic carbocycles. The Kier molecular flexibility index (Phi) is 0.322. The fourth-order valence-electron chi connectivity index (χ4n) is 0.640. The summed E-state index contributed by atoms with van der Waals surface area (Å²) in [5, 5.41) is 0. The Balaban J connectivity index is 2.81. The lowest BCUT2D eigenvalue weighted by Crippen LogP contribution is -1.85. The summed E-state index contributed by atoms with van der Waals surface area (Å²) in [6.07, 6.45) is -5.15. The Hall–Kier alpha value is -0.980. The van der Waals surface area contributed by atoms with Crippen molar-refractivity contribution in [1.29, 1.82) is 0 Å². The summed E-state index contributed by atoms with van der Waals surface area (Å²) in [5.41, 5.74) is 4.44. The van der Waals surface area contributed by atoms with E-state index in [2.05, 4.69) is 0 Å². The first kappa shape index (κ1) is 1.60. The van der Waals surface area contributed by atoms with Crippen LogP contribution in [-0.2, 0) is 0 Å². The molecule has 1 fully saturated rings. The van der Waals surface area contributed by atoms with E-state index < -0.39 is 54.1 Å². The highest BCUT2D eigenvalue weighted by Gasteiger charge is 2.22. The predicted octanol–water partition coefficient (Wildman–Crippen LogP) is 2.15. The van der Waals surface area contributed by atoms with Gasteiger partial charge >= 0.3 is 0 Å². The molecule has 0 unspecified atom stereocenters. The molecule has 0 aliphatic heterocycles. The molecule has 0 heterocycles. The summed E-state index contributed by atoms with van der Waals surface area (Å²) in [4.78, 5) is 0. The van der Waals surface area contributed by atoms with Gasteiger partial charge in [0.1, 0.15) is 0 Å². The second-order valence-electron chi connectivity index (χ2n) is 1.91. The summed E-state index contributed by atoms with van der Waals surface area (Å²) >= 11 is 0. The minimum Gasteiger partial charge on any atom is -0.399 e. The highest BCUT2D eigenvalue weighted by molar-refractivity contribution is 5.42. The number of nitrogen functional groups attached to an aromatic ring is 1. The van der Waals surface area contributed by atoms with Gasteiger partial charge in [0.05, 0.1) is 5.48 Å². The third-order valence-electron chi connectivity index (χ3n) is 1.14. The van der Waals surface area contributed by atoms with Crippen LogP contribution in [0.25, 0.3) is 0 Å². The van der Waals surface area contributed by atoms with Crippen molar-refractivity contribution in [2.75, 3.05) is 5.73 Å². The quantitative estimate of drug-likeness (QED) is 0.597. The van der Waals surface area contributed by atoms with Crippen LogP contribution in [0.15, 0.2) is 24.2 Å². The maximum absolute atomic E-state index is 7.94. The van der Waals surface area contributed by atoms with E-state index in [0.29, 0.717) is 0 Å². The number of rotatable bonds is 1. The van der Waals surface area contributed by atoms with E-state index in [0.717, 1.165) is 0 Å². The maximum atomic E-state index is 7.94. The van der Waals surface area contributed by atoms with Gasteiger partial charge in [0, 0.05) is 12.5 Å². The molecule has 0 aromatic heterocycles. The molecule has 1 aliphatic carbocycles. The second kappa shape index (κ2) is 2.01. The van der Waals surface area contributed by atoms with Gasteiger partial charge in [0.25, 0.3) is 0 Å². The SMILES string of the molecule is [2H]c1c([2H])c(N)c([2H])c(C2([2H])C([2H])([2H])C2([2H])[2H])c1[2H]. The molecule has 0 amide bonds. The van der Waals surface area contributed by atoms with Crippen LogP contribution in [-0.4, -0.2) is 0 Å². The van der Waals surface area contributed by atoms with Crippen LogP contribution in [0, 0.1) is 0 Å². The van der Waals surface area contributed by atoms with Gasteiger partial charge in [0.15, 0.2) is 0 Å². The molecule has 2 rings (SSSR count). The third-order valence-corrected chi connectivity index (χ3v) is 1.14. The minimum absolute atomic E-state index is 0.443. The molecule has 0 bridgehead atoms. The van der Waals surface area contributed by atoms with Gasteiger partial charge in [-0.1, -0.05) is 12.1 Å². The molecule has 1 nitrogen and oxygen atoms in total. The van der Waals surface area contributed by atoms with Crippen LogP contribution in [0.4, 0.5) is 5.69 Å². The van der Waals surface area contributed by atoms with Gasteiger partial charge in [-0.05, 0) is 36.3 Å². The first-order valence-corrected chi connectivity index (χ1v) is 2.79. The van der Waals surface area contributed by atoms with Crippen molar-refractivity contribution in [3.63, 3.8) is 0 Å². The molecule has 0 spiro atoms. The molecule has 0 atom stereocenters. The van der Waals surface area contributed by atoms with Gasteiger partial charge in [0.2, 0.25) is 0 Å². The molecular weight excluding hydrogens is 122 g/mol. The van der Waals surface area contributed by atoms with Crippen molar-refractivity contribution in [2.45, 2.75) is 18.6 Å². The fraction of sp³-hybridized carbons (Fsp3) is 0.333. The molecule has 1 aromatic rings. The number of hydrogen-bond acceptors (Lipinski definition) is 1. The average Bonchev–Trinajstić information content (AvgIpc) is 2.62. The third kappa shape index (κ3) is 0.991. The largest absolute Gasteiger partial charge is 0.399 e. The molecule has 1 aliphatic rings. The number of anilines is 1. The van der Waals surface area contributed by atoms with Crippen molar-refractivity contribution in [2.24, 2.45) is 0 Å². The van der Waals surface area contributed by atoms with Crippen molar-refractivity contribution in [1.82, 2.24) is 0 Å². The van der Waals surface area contributed by atoms with Crippen LogP contribution < -0.4 is 5.73 Å². The lowest BCUT2D eigenvalue weighted by Gasteiger charge is -1.97. The molecular formula is C9H11N. The zero-order valence-corrected chi connectivity index (χ0v) is 5.08. The normalized spacial score (nSPS) is 43.4. The van der Waals surface area contributed by atoms with Crippen molar-refractivity contribution in [3.8, 4) is 0 Å². The first-order valence-electron chi connectivity index (χ1n) is 7.29. The lowest BCUT2D eigenvalue weighted by atomic mass is 10.1. The summed E-state index contributed by atoms with van der Waals surface area (Å²) in [6.45, 7) is 0. The second-order valence-corrected chi connectivity index (χ2v) is 1.91. The molecule has 0 radical (unpaired) electrons. The van der Waals surface area contributed by atoms with Crippen LogP contribution in [0.3, 0.4) is 0 Å². The average molecular weight is 142 g/mol. The van der Waals surface area contributed by atoms with E-state index in [4.69, 9.17) is 18.1 Å². The number of benzene rings is 1. The Morgan fingerprint density at radius 3 is 3.20 bits per heavy atom. The topological polar surface area (TPSA) is 26.0 Å². The monoisotopic (exact) mass is 142 g/mol. The first-order chi connectivity index (χ1) is 8.43. The number of hydrogen-bond donors (Lipinski definition) is 1. The Morgan fingerprint density at radius 2 is 2.50 bits per heavy atom. The van der Waals surface area contributed by atoms with E-state index in [1.807, 2.05) is 0 Å². The van der Waals surface area contributed by atoms with E-state index >= 15 is 0 Å². The van der Waals surface area contributed by atoms with Gasteiger partial charge in [-0.15, -0.1) is 0 Å². The van der Waals surface area contributed by atoms with E-state index in [9.17, 15) is 0 Å². The van der Waals surface area contributed by atoms with Crippen molar-refractivity contribution in [3.05, 3.63) is 29.7 Å². The zero-order chi connectivity index (χ0) is 15.0. The minimum atomic E-state index is -2.58. The summed E-state index contributed by atoms with van der Waals surface area (Å²) in [7, 11) is 0. The Morgan fingerprint density at radius 1 is 1.70 bits per heavy atom. The van der Waals surface area contributed by atoms with Crippen molar-refractivity contribution < 1.29 is 12.3 Å². The highest BCUT2D eigenvalue weighted by atomic mass is 14.5. The summed E-state index contributed by atoms with van der Waals surface area (Å²) in [6, 6.07) is -2.48. The van der Waals surface area contributed by atoms with Gasteiger partial charge in [-0.3, -0.25) is 0 Å². The predicted molar refractivity (Wildman–Crippen MR) is 42.8 cm³/mol. The van der Waals surface area contributed by atoms with Crippen LogP contribution >= 0.6 is 0 Å². The van der Waals surface area contributed by atoms with Crippen molar-refractivity contribution >= 4 is 5.69 Å². The van der Waals surface area contributed by atoms with Crippen LogP contribution in [0.1, 0.15) is 36.5 Å². The fourth-order valence-corrected chi connectivity index (χ4v) is 0.640. The van der Waals surface area contributed by atoms with E-state index in [1.165, 1.54) is 0 Å². The van der Waals surface area contributed by atoms with Gasteiger partial charge in [-0.2, -0.15) is 0 Å². The number of nitrogens with two attached hydrogens (primary N) is 1. The highest BCUT2D eigenvalue weighted by Crippen LogP contribution is 2.40. The molecule has 1 heteroatoms. The lowest BCUT2D eigenvalue weighted by molar-refractivity contribution is 1.13. The van der Waals surface area contributed by atoms with E-state index in [1.54, 1.807) is 0 Å². The maximum Gasteiger partial charge on any atom is 0.0648 e. The smallest absolute Gasteiger partial charge is 0.0648 e.